The number of nitrogens with one attached hydrogen (secondary N) is 1. The van der Waals surface area contributed by atoms with E-state index in [4.69, 9.17) is 4.84 Å². The lowest BCUT2D eigenvalue weighted by Gasteiger charge is -2.17. The average Bonchev–Trinajstić information content (AvgIpc) is 2.54. The fourth-order valence-electron chi connectivity index (χ4n) is 1.98. The number of sulfone groups is 1. The van der Waals surface area contributed by atoms with Gasteiger partial charge in [0.05, 0.1) is 4.90 Å². The van der Waals surface area contributed by atoms with Gasteiger partial charge in [-0.05, 0) is 29.8 Å². The smallest absolute Gasteiger partial charge is 0.406 e. The van der Waals surface area contributed by atoms with Gasteiger partial charge in [0, 0.05) is 6.26 Å². The average molecular weight is 425 g/mol. The van der Waals surface area contributed by atoms with Gasteiger partial charge in [-0.15, -0.1) is 13.2 Å². The third kappa shape index (κ3) is 6.20. The third-order valence-corrected chi connectivity index (χ3v) is 5.45. The summed E-state index contributed by atoms with van der Waals surface area (Å²) in [6.07, 6.45) is -4.12. The van der Waals surface area contributed by atoms with Crippen LogP contribution >= 0.6 is 0 Å². The Hall–Kier alpha value is -2.15. The molecule has 0 aliphatic rings. The molecule has 0 aromatic heterocycles. The zero-order valence-corrected chi connectivity index (χ0v) is 15.3. The van der Waals surface area contributed by atoms with Gasteiger partial charge in [-0.3, -0.25) is 4.84 Å². The number of hydrogen-bond donors (Lipinski definition) is 1. The fourth-order valence-corrected chi connectivity index (χ4v) is 3.75. The molecule has 0 fully saturated rings. The second-order valence-electron chi connectivity index (χ2n) is 5.30. The standard InChI is InChI=1S/C15H14F3NO6S2/c1-26(20,21)14(11-7-9-12(10-8-11)24-15(16,17)18)25-19-27(22,23)13-5-3-2-4-6-13/h2-10,14,19H,1H3. The van der Waals surface area contributed by atoms with Gasteiger partial charge in [0.25, 0.3) is 10.0 Å². The summed E-state index contributed by atoms with van der Waals surface area (Å²) in [4.78, 5) is 6.42. The van der Waals surface area contributed by atoms with Crippen molar-refractivity contribution in [2.75, 3.05) is 6.26 Å². The lowest BCUT2D eigenvalue weighted by atomic mass is 10.2. The summed E-state index contributed by atoms with van der Waals surface area (Å²) in [5, 5.41) is 0. The SMILES string of the molecule is CS(=O)(=O)C(ONS(=O)(=O)c1ccccc1)c1ccc(OC(F)(F)F)cc1. The molecule has 0 saturated heterocycles. The lowest BCUT2D eigenvalue weighted by molar-refractivity contribution is -0.274. The lowest BCUT2D eigenvalue weighted by Crippen LogP contribution is -2.29. The zero-order chi connectivity index (χ0) is 20.3. The van der Waals surface area contributed by atoms with E-state index in [1.54, 1.807) is 11.0 Å². The first-order chi connectivity index (χ1) is 12.4. The Kier molecular flexibility index (Phi) is 6.14. The number of rotatable bonds is 7. The molecule has 2 rings (SSSR count). The maximum absolute atomic E-state index is 12.2. The van der Waals surface area contributed by atoms with Crippen LogP contribution in [0.15, 0.2) is 59.5 Å². The van der Waals surface area contributed by atoms with Gasteiger partial charge >= 0.3 is 6.36 Å². The molecule has 148 valence electrons. The van der Waals surface area contributed by atoms with E-state index < -0.39 is 37.4 Å². The van der Waals surface area contributed by atoms with Gasteiger partial charge < -0.3 is 4.74 Å². The molecule has 0 spiro atoms. The molecule has 0 aliphatic carbocycles. The van der Waals surface area contributed by atoms with Gasteiger partial charge in [-0.25, -0.2) is 16.8 Å². The Morgan fingerprint density at radius 2 is 1.48 bits per heavy atom. The molecular weight excluding hydrogens is 411 g/mol. The van der Waals surface area contributed by atoms with Gasteiger partial charge in [0.15, 0.2) is 9.84 Å². The molecule has 0 saturated carbocycles. The van der Waals surface area contributed by atoms with Gasteiger partial charge in [-0.2, -0.15) is 0 Å². The van der Waals surface area contributed by atoms with Gasteiger partial charge in [0.1, 0.15) is 5.75 Å². The van der Waals surface area contributed by atoms with Gasteiger partial charge in [0.2, 0.25) is 5.44 Å². The summed E-state index contributed by atoms with van der Waals surface area (Å²) in [7, 11) is -8.15. The van der Waals surface area contributed by atoms with Gasteiger partial charge in [-0.1, -0.05) is 35.2 Å². The molecule has 1 atom stereocenters. The third-order valence-electron chi connectivity index (χ3n) is 3.09. The Morgan fingerprint density at radius 3 is 1.96 bits per heavy atom. The number of halogens is 3. The van der Waals surface area contributed by atoms with E-state index in [0.717, 1.165) is 30.5 Å². The van der Waals surface area contributed by atoms with E-state index in [1.807, 2.05) is 0 Å². The topological polar surface area (TPSA) is 98.8 Å². The van der Waals surface area contributed by atoms with Crippen molar-refractivity contribution in [1.29, 1.82) is 0 Å². The van der Waals surface area contributed by atoms with E-state index in [9.17, 15) is 30.0 Å². The minimum atomic E-state index is -4.90. The minimum absolute atomic E-state index is 0.0946. The van der Waals surface area contributed by atoms with Crippen LogP contribution in [-0.2, 0) is 24.7 Å². The predicted octanol–water partition coefficient (Wildman–Crippen LogP) is 2.54. The number of alkyl halides is 3. The van der Waals surface area contributed by atoms with Crippen LogP contribution in [0.3, 0.4) is 0 Å². The zero-order valence-electron chi connectivity index (χ0n) is 13.7. The molecule has 0 aliphatic heterocycles. The Labute approximate surface area is 153 Å². The number of sulfonamides is 1. The molecule has 1 unspecified atom stereocenters. The van der Waals surface area contributed by atoms with Crippen LogP contribution in [0.5, 0.6) is 5.75 Å². The van der Waals surface area contributed by atoms with Crippen molar-refractivity contribution in [3.63, 3.8) is 0 Å². The van der Waals surface area contributed by atoms with Crippen molar-refractivity contribution in [3.05, 3.63) is 60.2 Å². The molecule has 2 aromatic rings. The van der Waals surface area contributed by atoms with Crippen molar-refractivity contribution in [3.8, 4) is 5.75 Å². The normalized spacial score (nSPS) is 13.9. The predicted molar refractivity (Wildman–Crippen MR) is 88.6 cm³/mol. The van der Waals surface area contributed by atoms with E-state index in [1.165, 1.54) is 24.3 Å². The van der Waals surface area contributed by atoms with Crippen molar-refractivity contribution in [1.82, 2.24) is 4.89 Å². The molecule has 12 heteroatoms. The highest BCUT2D eigenvalue weighted by Gasteiger charge is 2.32. The second kappa shape index (κ2) is 7.84. The molecule has 27 heavy (non-hydrogen) atoms. The van der Waals surface area contributed by atoms with Crippen LogP contribution in [0.4, 0.5) is 13.2 Å². The van der Waals surface area contributed by atoms with Crippen LogP contribution in [0.2, 0.25) is 0 Å². The summed E-state index contributed by atoms with van der Waals surface area (Å²) in [6.45, 7) is 0. The quantitative estimate of drug-likeness (QED) is 0.685. The Morgan fingerprint density at radius 1 is 0.926 bits per heavy atom. The van der Waals surface area contributed by atoms with Crippen LogP contribution in [0.25, 0.3) is 0 Å². The van der Waals surface area contributed by atoms with Crippen molar-refractivity contribution < 1.29 is 39.6 Å². The molecule has 0 radical (unpaired) electrons. The summed E-state index contributed by atoms with van der Waals surface area (Å²) in [5.41, 5.74) is -1.88. The maximum atomic E-state index is 12.2. The second-order valence-corrected chi connectivity index (χ2v) is 9.03. The van der Waals surface area contributed by atoms with Crippen LogP contribution in [-0.4, -0.2) is 29.5 Å². The monoisotopic (exact) mass is 425 g/mol. The molecule has 1 N–H and O–H groups in total. The molecule has 0 amide bonds. The van der Waals surface area contributed by atoms with E-state index in [2.05, 4.69) is 4.74 Å². The Bertz CT molecular complexity index is 974. The maximum Gasteiger partial charge on any atom is 0.573 e. The van der Waals surface area contributed by atoms with Crippen molar-refractivity contribution >= 4 is 19.9 Å². The van der Waals surface area contributed by atoms with E-state index in [0.29, 0.717) is 0 Å². The minimum Gasteiger partial charge on any atom is -0.406 e. The van der Waals surface area contributed by atoms with E-state index >= 15 is 0 Å². The van der Waals surface area contributed by atoms with E-state index in [-0.39, 0.29) is 10.5 Å². The highest BCUT2D eigenvalue weighted by Crippen LogP contribution is 2.27. The first kappa shape index (κ1) is 21.2. The van der Waals surface area contributed by atoms with Crippen molar-refractivity contribution in [2.24, 2.45) is 0 Å². The molecular formula is C15H14F3NO6S2. The highest BCUT2D eigenvalue weighted by molar-refractivity contribution is 7.91. The fraction of sp³-hybridized carbons (Fsp3) is 0.200. The van der Waals surface area contributed by atoms with Crippen LogP contribution in [0, 0.1) is 0 Å². The number of ether oxygens (including phenoxy) is 1. The summed E-state index contributed by atoms with van der Waals surface area (Å²) in [5.74, 6) is -0.566. The van der Waals surface area contributed by atoms with Crippen molar-refractivity contribution in [2.45, 2.75) is 16.7 Å². The largest absolute Gasteiger partial charge is 0.573 e. The summed E-state index contributed by atoms with van der Waals surface area (Å²) < 4.78 is 88.4. The first-order valence-corrected chi connectivity index (χ1v) is 10.6. The molecule has 2 aromatic carbocycles. The number of benzene rings is 2. The molecule has 0 heterocycles. The summed E-state index contributed by atoms with van der Waals surface area (Å²) in [6, 6.07) is 10.8. The highest BCUT2D eigenvalue weighted by atomic mass is 32.2. The first-order valence-electron chi connectivity index (χ1n) is 7.15. The Balaban J connectivity index is 2.22. The molecule has 0 bridgehead atoms. The number of hydrogen-bond acceptors (Lipinski definition) is 6. The summed E-state index contributed by atoms with van der Waals surface area (Å²) >= 11 is 0. The van der Waals surface area contributed by atoms with Crippen LogP contribution < -0.4 is 9.62 Å². The van der Waals surface area contributed by atoms with Crippen LogP contribution in [0.1, 0.15) is 11.0 Å². The molecule has 7 nitrogen and oxygen atoms in total.